The van der Waals surface area contributed by atoms with Gasteiger partial charge < -0.3 is 8.98 Å². The molecule has 0 radical (unpaired) electrons. The Balaban J connectivity index is 1.54. The summed E-state index contributed by atoms with van der Waals surface area (Å²) in [7, 11) is 0. The number of thiazole rings is 1. The number of nitrogens with one attached hydrogen (secondary N) is 1. The molecule has 0 unspecified atom stereocenters. The van der Waals surface area contributed by atoms with Gasteiger partial charge in [-0.15, -0.1) is 10.2 Å². The fraction of sp³-hybridized carbons (Fsp3) is 0.280. The van der Waals surface area contributed by atoms with Crippen LogP contribution in [0.4, 0.5) is 13.9 Å². The number of amides is 1. The van der Waals surface area contributed by atoms with Gasteiger partial charge in [-0.1, -0.05) is 23.2 Å². The van der Waals surface area contributed by atoms with Crippen LogP contribution < -0.4 is 10.9 Å². The van der Waals surface area contributed by atoms with E-state index in [9.17, 15) is 18.4 Å². The molecular formula is C25H20F2N6O3S. The summed E-state index contributed by atoms with van der Waals surface area (Å²) in [6.45, 7) is 3.24. The standard InChI is InChI=1S/C25H20F2N6O3S/c1-13-9-28-20(23(26)27)7-17(13)19-11-33(12-21-32-31-14(2)36-21)22(34)8-18(19)24(35)30-25-29-10-16(37-25)6-5-15-3-4-15/h7-11,15,23H,3-4,12H2,1-2H3,(H,29,30,35). The Labute approximate surface area is 213 Å². The molecule has 1 aliphatic rings. The average molecular weight is 523 g/mol. The fourth-order valence-electron chi connectivity index (χ4n) is 3.55. The van der Waals surface area contributed by atoms with Crippen molar-refractivity contribution >= 4 is 22.4 Å². The van der Waals surface area contributed by atoms with Gasteiger partial charge in [-0.05, 0) is 37.0 Å². The molecule has 188 valence electrons. The van der Waals surface area contributed by atoms with Crippen molar-refractivity contribution in [1.82, 2.24) is 24.7 Å². The predicted octanol–water partition coefficient (Wildman–Crippen LogP) is 4.37. The number of aromatic nitrogens is 5. The Morgan fingerprint density at radius 1 is 1.22 bits per heavy atom. The van der Waals surface area contributed by atoms with Crippen LogP contribution in [0.1, 0.15) is 57.5 Å². The van der Waals surface area contributed by atoms with Crippen molar-refractivity contribution in [2.24, 2.45) is 5.92 Å². The number of anilines is 1. The van der Waals surface area contributed by atoms with Crippen molar-refractivity contribution in [2.45, 2.75) is 39.7 Å². The van der Waals surface area contributed by atoms with Crippen molar-refractivity contribution in [2.75, 3.05) is 5.32 Å². The summed E-state index contributed by atoms with van der Waals surface area (Å²) in [4.78, 5) is 34.9. The van der Waals surface area contributed by atoms with Crippen LogP contribution in [0, 0.1) is 31.6 Å². The first-order valence-electron chi connectivity index (χ1n) is 11.3. The van der Waals surface area contributed by atoms with Crippen LogP contribution in [0.2, 0.25) is 0 Å². The quantitative estimate of drug-likeness (QED) is 0.374. The molecule has 1 fully saturated rings. The van der Waals surface area contributed by atoms with E-state index < -0.39 is 23.6 Å². The number of aryl methyl sites for hydroxylation is 2. The molecule has 1 saturated carbocycles. The van der Waals surface area contributed by atoms with Gasteiger partial charge in [0.1, 0.15) is 12.2 Å². The molecule has 0 saturated heterocycles. The maximum Gasteiger partial charge on any atom is 0.280 e. The molecule has 0 spiro atoms. The van der Waals surface area contributed by atoms with Crippen molar-refractivity contribution in [3.63, 3.8) is 0 Å². The number of carbonyl (C=O) groups is 1. The van der Waals surface area contributed by atoms with E-state index >= 15 is 0 Å². The van der Waals surface area contributed by atoms with Gasteiger partial charge in [-0.2, -0.15) is 0 Å². The lowest BCUT2D eigenvalue weighted by Gasteiger charge is -2.15. The maximum absolute atomic E-state index is 13.5. The van der Waals surface area contributed by atoms with Crippen LogP contribution in [0.25, 0.3) is 11.1 Å². The van der Waals surface area contributed by atoms with Crippen LogP contribution in [0.5, 0.6) is 0 Å². The first-order valence-corrected chi connectivity index (χ1v) is 12.2. The molecule has 0 bridgehead atoms. The second-order valence-electron chi connectivity index (χ2n) is 8.53. The number of halogens is 2. The first-order chi connectivity index (χ1) is 17.8. The number of alkyl halides is 2. The lowest BCUT2D eigenvalue weighted by molar-refractivity contribution is 0.102. The Morgan fingerprint density at radius 2 is 2.03 bits per heavy atom. The minimum atomic E-state index is -2.81. The summed E-state index contributed by atoms with van der Waals surface area (Å²) in [5.74, 6) is 6.51. The Hall–Kier alpha value is -4.24. The number of hydrogen-bond acceptors (Lipinski definition) is 8. The smallest absolute Gasteiger partial charge is 0.280 e. The molecule has 0 aromatic carbocycles. The molecule has 1 N–H and O–H groups in total. The highest BCUT2D eigenvalue weighted by atomic mass is 32.1. The van der Waals surface area contributed by atoms with E-state index in [-0.39, 0.29) is 23.6 Å². The molecule has 4 aromatic rings. The Morgan fingerprint density at radius 3 is 2.73 bits per heavy atom. The van der Waals surface area contributed by atoms with Gasteiger partial charge in [0.15, 0.2) is 5.13 Å². The molecule has 37 heavy (non-hydrogen) atoms. The molecular weight excluding hydrogens is 502 g/mol. The monoisotopic (exact) mass is 522 g/mol. The van der Waals surface area contributed by atoms with E-state index in [4.69, 9.17) is 4.42 Å². The normalized spacial score (nSPS) is 12.9. The van der Waals surface area contributed by atoms with Crippen molar-refractivity contribution < 1.29 is 18.0 Å². The van der Waals surface area contributed by atoms with Gasteiger partial charge in [-0.3, -0.25) is 19.9 Å². The third-order valence-electron chi connectivity index (χ3n) is 5.59. The minimum absolute atomic E-state index is 0.00158. The number of rotatable bonds is 6. The zero-order chi connectivity index (χ0) is 26.1. The van der Waals surface area contributed by atoms with E-state index in [1.54, 1.807) is 20.0 Å². The van der Waals surface area contributed by atoms with Crippen molar-refractivity contribution in [3.8, 4) is 23.0 Å². The molecule has 0 atom stereocenters. The summed E-state index contributed by atoms with van der Waals surface area (Å²) < 4.78 is 33.5. The molecule has 4 heterocycles. The molecule has 12 heteroatoms. The van der Waals surface area contributed by atoms with Crippen LogP contribution in [0.3, 0.4) is 0 Å². The zero-order valence-corrected chi connectivity index (χ0v) is 20.6. The number of carbonyl (C=O) groups excluding carboxylic acids is 1. The molecule has 4 aromatic heterocycles. The lowest BCUT2D eigenvalue weighted by Crippen LogP contribution is -2.24. The molecule has 9 nitrogen and oxygen atoms in total. The topological polar surface area (TPSA) is 116 Å². The van der Waals surface area contributed by atoms with Gasteiger partial charge in [0.2, 0.25) is 11.8 Å². The van der Waals surface area contributed by atoms with Gasteiger partial charge >= 0.3 is 0 Å². The second-order valence-corrected chi connectivity index (χ2v) is 9.56. The Bertz CT molecular complexity index is 1610. The second kappa shape index (κ2) is 10.0. The zero-order valence-electron chi connectivity index (χ0n) is 19.8. The number of hydrogen-bond donors (Lipinski definition) is 1. The van der Waals surface area contributed by atoms with Gasteiger partial charge in [-0.25, -0.2) is 13.8 Å². The summed E-state index contributed by atoms with van der Waals surface area (Å²) in [5.41, 5.74) is 0.181. The predicted molar refractivity (Wildman–Crippen MR) is 131 cm³/mol. The van der Waals surface area contributed by atoms with Crippen molar-refractivity contribution in [3.05, 3.63) is 74.6 Å². The molecule has 1 amide bonds. The van der Waals surface area contributed by atoms with E-state index in [0.29, 0.717) is 32.9 Å². The van der Waals surface area contributed by atoms with E-state index in [1.165, 1.54) is 34.4 Å². The lowest BCUT2D eigenvalue weighted by atomic mass is 9.97. The van der Waals surface area contributed by atoms with E-state index in [2.05, 4.69) is 37.3 Å². The largest absolute Gasteiger partial charge is 0.424 e. The number of pyridine rings is 2. The highest BCUT2D eigenvalue weighted by molar-refractivity contribution is 7.16. The SMILES string of the molecule is Cc1nnc(Cn2cc(-c3cc(C(F)F)ncc3C)c(C(=O)Nc3ncc(C#CC4CC4)s3)cc2=O)o1. The van der Waals surface area contributed by atoms with Gasteiger partial charge in [0.25, 0.3) is 17.9 Å². The maximum atomic E-state index is 13.5. The summed E-state index contributed by atoms with van der Waals surface area (Å²) in [6.07, 6.45) is 3.68. The van der Waals surface area contributed by atoms with Crippen LogP contribution >= 0.6 is 11.3 Å². The number of nitrogens with zero attached hydrogens (tertiary/aromatic N) is 5. The summed E-state index contributed by atoms with van der Waals surface area (Å²) >= 11 is 1.21. The van der Waals surface area contributed by atoms with Crippen LogP contribution in [-0.4, -0.2) is 30.6 Å². The molecule has 1 aliphatic carbocycles. The Kier molecular flexibility index (Phi) is 6.62. The average Bonchev–Trinajstić information content (AvgIpc) is 3.45. The highest BCUT2D eigenvalue weighted by Gasteiger charge is 2.21. The van der Waals surface area contributed by atoms with E-state index in [0.717, 1.165) is 18.9 Å². The summed E-state index contributed by atoms with van der Waals surface area (Å²) in [6, 6.07) is 2.37. The van der Waals surface area contributed by atoms with Crippen molar-refractivity contribution in [1.29, 1.82) is 0 Å². The first kappa shape index (κ1) is 24.5. The summed E-state index contributed by atoms with van der Waals surface area (Å²) in [5, 5.41) is 10.7. The fourth-order valence-corrected chi connectivity index (χ4v) is 4.22. The highest BCUT2D eigenvalue weighted by Crippen LogP contribution is 2.31. The van der Waals surface area contributed by atoms with Gasteiger partial charge in [0, 0.05) is 36.9 Å². The third kappa shape index (κ3) is 5.62. The minimum Gasteiger partial charge on any atom is -0.424 e. The van der Waals surface area contributed by atoms with E-state index in [1.807, 2.05) is 0 Å². The third-order valence-corrected chi connectivity index (χ3v) is 6.41. The van der Waals surface area contributed by atoms with Crippen LogP contribution in [0.15, 0.2) is 39.9 Å². The van der Waals surface area contributed by atoms with Crippen LogP contribution in [-0.2, 0) is 6.54 Å². The molecule has 5 rings (SSSR count). The molecule has 0 aliphatic heterocycles. The van der Waals surface area contributed by atoms with Gasteiger partial charge in [0.05, 0.1) is 16.6 Å².